The Bertz CT molecular complexity index is 681. The summed E-state index contributed by atoms with van der Waals surface area (Å²) in [6.07, 6.45) is 2.21. The maximum Gasteiger partial charge on any atom is 0.221 e. The molecule has 2 atom stereocenters. The van der Waals surface area contributed by atoms with Crippen molar-refractivity contribution >= 4 is 27.5 Å². The van der Waals surface area contributed by atoms with Crippen molar-refractivity contribution in [2.45, 2.75) is 37.1 Å². The van der Waals surface area contributed by atoms with Crippen LogP contribution in [0.1, 0.15) is 24.8 Å². The third-order valence-electron chi connectivity index (χ3n) is 4.47. The molecule has 6 nitrogen and oxygen atoms in total. The van der Waals surface area contributed by atoms with Gasteiger partial charge in [-0.2, -0.15) is 0 Å². The molecular weight excluding hydrogens is 350 g/mol. The molecule has 0 spiro atoms. The molecular formula is C16H24ClN3O3S. The summed E-state index contributed by atoms with van der Waals surface area (Å²) in [6.45, 7) is 0.351. The number of amides is 1. The molecule has 134 valence electrons. The summed E-state index contributed by atoms with van der Waals surface area (Å²) < 4.78 is 27.2. The van der Waals surface area contributed by atoms with E-state index in [1.165, 1.54) is 0 Å². The fourth-order valence-electron chi connectivity index (χ4n) is 3.02. The van der Waals surface area contributed by atoms with E-state index in [9.17, 15) is 13.2 Å². The number of benzene rings is 1. The predicted molar refractivity (Wildman–Crippen MR) is 95.3 cm³/mol. The van der Waals surface area contributed by atoms with Crippen LogP contribution in [0, 0.1) is 0 Å². The minimum absolute atomic E-state index is 0.00837. The van der Waals surface area contributed by atoms with Crippen LogP contribution in [0.15, 0.2) is 24.3 Å². The van der Waals surface area contributed by atoms with Gasteiger partial charge in [0, 0.05) is 37.1 Å². The standard InChI is InChI=1S/C16H24ClN3O3S/c1-18-16(21)9-14-6-7-15(20(14)2)10-19-24(22,23)11-12-4-3-5-13(17)8-12/h3-5,8,14-15,19H,6-7,9-11H2,1-2H3,(H,18,21)/t14-,15+/m1/s1. The molecule has 2 rings (SSSR count). The number of rotatable bonds is 7. The summed E-state index contributed by atoms with van der Waals surface area (Å²) in [6, 6.07) is 7.11. The van der Waals surface area contributed by atoms with Crippen LogP contribution < -0.4 is 10.0 Å². The third-order valence-corrected chi connectivity index (χ3v) is 6.02. The van der Waals surface area contributed by atoms with E-state index in [1.54, 1.807) is 31.3 Å². The van der Waals surface area contributed by atoms with Gasteiger partial charge >= 0.3 is 0 Å². The zero-order valence-electron chi connectivity index (χ0n) is 14.0. The fourth-order valence-corrected chi connectivity index (χ4v) is 4.40. The number of hydrogen-bond acceptors (Lipinski definition) is 4. The van der Waals surface area contributed by atoms with Crippen molar-refractivity contribution in [3.63, 3.8) is 0 Å². The number of nitrogens with one attached hydrogen (secondary N) is 2. The number of halogens is 1. The summed E-state index contributed by atoms with van der Waals surface area (Å²) in [5.41, 5.74) is 0.660. The normalized spacial score (nSPS) is 21.8. The van der Waals surface area contributed by atoms with Crippen LogP contribution in [-0.2, 0) is 20.6 Å². The van der Waals surface area contributed by atoms with Crippen LogP contribution in [0.2, 0.25) is 5.02 Å². The van der Waals surface area contributed by atoms with Crippen LogP contribution in [0.3, 0.4) is 0 Å². The van der Waals surface area contributed by atoms with Crippen molar-refractivity contribution in [1.82, 2.24) is 14.9 Å². The van der Waals surface area contributed by atoms with Gasteiger partial charge < -0.3 is 5.32 Å². The first-order valence-corrected chi connectivity index (χ1v) is 9.98. The third kappa shape index (κ3) is 5.44. The zero-order chi connectivity index (χ0) is 17.7. The van der Waals surface area contributed by atoms with Gasteiger partial charge in [-0.25, -0.2) is 13.1 Å². The molecule has 1 aromatic carbocycles. The number of sulfonamides is 1. The molecule has 1 aliphatic rings. The number of nitrogens with zero attached hydrogens (tertiary/aromatic N) is 1. The highest BCUT2D eigenvalue weighted by Gasteiger charge is 2.32. The highest BCUT2D eigenvalue weighted by atomic mass is 35.5. The summed E-state index contributed by atoms with van der Waals surface area (Å²) >= 11 is 5.89. The molecule has 0 unspecified atom stereocenters. The molecule has 0 saturated carbocycles. The maximum atomic E-state index is 12.2. The minimum Gasteiger partial charge on any atom is -0.359 e. The molecule has 1 aliphatic heterocycles. The monoisotopic (exact) mass is 373 g/mol. The average molecular weight is 374 g/mol. The van der Waals surface area contributed by atoms with Crippen LogP contribution in [0.4, 0.5) is 0 Å². The predicted octanol–water partition coefficient (Wildman–Crippen LogP) is 1.36. The summed E-state index contributed by atoms with van der Waals surface area (Å²) in [4.78, 5) is 13.6. The molecule has 0 bridgehead atoms. The van der Waals surface area contributed by atoms with E-state index in [-0.39, 0.29) is 23.7 Å². The first-order chi connectivity index (χ1) is 11.3. The van der Waals surface area contributed by atoms with E-state index >= 15 is 0 Å². The molecule has 0 aliphatic carbocycles. The average Bonchev–Trinajstić information content (AvgIpc) is 2.85. The molecule has 2 N–H and O–H groups in total. The Morgan fingerprint density at radius 1 is 1.33 bits per heavy atom. The Kier molecular flexibility index (Phi) is 6.62. The molecule has 8 heteroatoms. The highest BCUT2D eigenvalue weighted by molar-refractivity contribution is 7.88. The smallest absolute Gasteiger partial charge is 0.221 e. The Labute approximate surface area is 148 Å². The molecule has 1 aromatic rings. The van der Waals surface area contributed by atoms with Gasteiger partial charge in [0.1, 0.15) is 0 Å². The highest BCUT2D eigenvalue weighted by Crippen LogP contribution is 2.24. The minimum atomic E-state index is -3.42. The Morgan fingerprint density at radius 3 is 2.71 bits per heavy atom. The van der Waals surface area contributed by atoms with Crippen molar-refractivity contribution in [2.75, 3.05) is 20.6 Å². The van der Waals surface area contributed by atoms with E-state index in [1.807, 2.05) is 7.05 Å². The molecule has 1 saturated heterocycles. The van der Waals surface area contributed by atoms with Crippen molar-refractivity contribution in [2.24, 2.45) is 0 Å². The lowest BCUT2D eigenvalue weighted by atomic mass is 10.1. The fraction of sp³-hybridized carbons (Fsp3) is 0.562. The van der Waals surface area contributed by atoms with Gasteiger partial charge in [-0.15, -0.1) is 0 Å². The van der Waals surface area contributed by atoms with Crippen LogP contribution in [-0.4, -0.2) is 51.9 Å². The van der Waals surface area contributed by atoms with E-state index in [4.69, 9.17) is 11.6 Å². The number of carbonyl (C=O) groups is 1. The topological polar surface area (TPSA) is 78.5 Å². The number of carbonyl (C=O) groups excluding carboxylic acids is 1. The van der Waals surface area contributed by atoms with E-state index < -0.39 is 10.0 Å². The molecule has 1 amide bonds. The van der Waals surface area contributed by atoms with Crippen LogP contribution in [0.5, 0.6) is 0 Å². The van der Waals surface area contributed by atoms with Crippen molar-refractivity contribution < 1.29 is 13.2 Å². The quantitative estimate of drug-likeness (QED) is 0.756. The van der Waals surface area contributed by atoms with Gasteiger partial charge in [0.25, 0.3) is 0 Å². The summed E-state index contributed by atoms with van der Waals surface area (Å²) in [5.74, 6) is -0.0832. The van der Waals surface area contributed by atoms with Gasteiger partial charge in [-0.1, -0.05) is 23.7 Å². The second-order valence-corrected chi connectivity index (χ2v) is 8.41. The number of likely N-dealkylation sites (N-methyl/N-ethyl adjacent to an activating group) is 1. The van der Waals surface area contributed by atoms with Crippen LogP contribution >= 0.6 is 11.6 Å². The largest absolute Gasteiger partial charge is 0.359 e. The van der Waals surface area contributed by atoms with Gasteiger partial charge in [0.15, 0.2) is 0 Å². The van der Waals surface area contributed by atoms with E-state index in [2.05, 4.69) is 14.9 Å². The second kappa shape index (κ2) is 8.29. The molecule has 0 aromatic heterocycles. The lowest BCUT2D eigenvalue weighted by Gasteiger charge is -2.25. The lowest BCUT2D eigenvalue weighted by molar-refractivity contribution is -0.121. The molecule has 1 fully saturated rings. The summed E-state index contributed by atoms with van der Waals surface area (Å²) in [7, 11) is 0.143. The van der Waals surface area contributed by atoms with Crippen molar-refractivity contribution in [3.05, 3.63) is 34.9 Å². The van der Waals surface area contributed by atoms with Gasteiger partial charge in [-0.3, -0.25) is 9.69 Å². The Morgan fingerprint density at radius 2 is 2.04 bits per heavy atom. The van der Waals surface area contributed by atoms with Gasteiger partial charge in [0.2, 0.25) is 15.9 Å². The maximum absolute atomic E-state index is 12.2. The number of hydrogen-bond donors (Lipinski definition) is 2. The molecule has 0 radical (unpaired) electrons. The first-order valence-electron chi connectivity index (χ1n) is 7.95. The molecule has 1 heterocycles. The number of likely N-dealkylation sites (tertiary alicyclic amines) is 1. The van der Waals surface area contributed by atoms with E-state index in [0.717, 1.165) is 12.8 Å². The SMILES string of the molecule is CNC(=O)C[C@H]1CC[C@@H](CNS(=O)(=O)Cc2cccc(Cl)c2)N1C. The van der Waals surface area contributed by atoms with Gasteiger partial charge in [0.05, 0.1) is 5.75 Å². The van der Waals surface area contributed by atoms with Crippen molar-refractivity contribution in [3.8, 4) is 0 Å². The lowest BCUT2D eigenvalue weighted by Crippen LogP contribution is -2.42. The molecule has 24 heavy (non-hydrogen) atoms. The van der Waals surface area contributed by atoms with Gasteiger partial charge in [-0.05, 0) is 37.6 Å². The van der Waals surface area contributed by atoms with Crippen LogP contribution in [0.25, 0.3) is 0 Å². The first kappa shape index (κ1) is 19.2. The van der Waals surface area contributed by atoms with Crippen molar-refractivity contribution in [1.29, 1.82) is 0 Å². The summed E-state index contributed by atoms with van der Waals surface area (Å²) in [5, 5.41) is 3.15. The Hall–Kier alpha value is -1.15. The zero-order valence-corrected chi connectivity index (χ0v) is 15.5. The second-order valence-electron chi connectivity index (χ2n) is 6.17. The Balaban J connectivity index is 1.87. The van der Waals surface area contributed by atoms with E-state index in [0.29, 0.717) is 23.6 Å².